The number of Topliss-reactive ketones (excluding diaryl/α,β-unsaturated/α-hetero) is 1. The highest BCUT2D eigenvalue weighted by atomic mass is 16.3. The summed E-state index contributed by atoms with van der Waals surface area (Å²) < 4.78 is 0. The summed E-state index contributed by atoms with van der Waals surface area (Å²) in [5, 5.41) is 10.8. The molecule has 8 atom stereocenters. The van der Waals surface area contributed by atoms with Crippen LogP contribution in [0.5, 0.6) is 0 Å². The van der Waals surface area contributed by atoms with Gasteiger partial charge in [-0.05, 0) is 112 Å². The Morgan fingerprint density at radius 1 is 1.19 bits per heavy atom. The number of allylic oxidation sites excluding steroid dienone is 2. The van der Waals surface area contributed by atoms with E-state index in [1.807, 2.05) is 6.92 Å². The quantitative estimate of drug-likeness (QED) is 0.453. The smallest absolute Gasteiger partial charge is 0.129 e. The van der Waals surface area contributed by atoms with E-state index in [1.54, 1.807) is 6.92 Å². The van der Waals surface area contributed by atoms with Gasteiger partial charge in [-0.15, -0.1) is 6.58 Å². The van der Waals surface area contributed by atoms with E-state index < -0.39 is 5.60 Å². The zero-order valence-electron chi connectivity index (χ0n) is 20.8. The summed E-state index contributed by atoms with van der Waals surface area (Å²) >= 11 is 0. The maximum atomic E-state index is 11.4. The fourth-order valence-corrected chi connectivity index (χ4v) is 9.24. The number of hydrogen-bond acceptors (Lipinski definition) is 2. The molecule has 2 nitrogen and oxygen atoms in total. The average molecular weight is 427 g/mol. The minimum atomic E-state index is -0.531. The van der Waals surface area contributed by atoms with Crippen LogP contribution >= 0.6 is 0 Å². The van der Waals surface area contributed by atoms with Gasteiger partial charge in [-0.2, -0.15) is 0 Å². The van der Waals surface area contributed by atoms with Gasteiger partial charge in [0.1, 0.15) is 5.78 Å². The van der Waals surface area contributed by atoms with Gasteiger partial charge in [0.05, 0.1) is 5.60 Å². The predicted octanol–water partition coefficient (Wildman–Crippen LogP) is 7.27. The van der Waals surface area contributed by atoms with Gasteiger partial charge in [-0.3, -0.25) is 0 Å². The Kier molecular flexibility index (Phi) is 5.90. The molecule has 0 saturated heterocycles. The molecule has 0 bridgehead atoms. The van der Waals surface area contributed by atoms with E-state index >= 15 is 0 Å². The lowest BCUT2D eigenvalue weighted by molar-refractivity contribution is -0.117. The fraction of sp³-hybridized carbons (Fsp3) is 0.828. The minimum Gasteiger partial charge on any atom is -0.390 e. The standard InChI is InChI=1S/C29H46O2/c1-7-29-16-13-22-19-26(4,31)17-18-27(22,5)25(29)14-15-28(6)23(11-12-24(28)29)20(2)9-8-10-21(3)30/h7,13,20,23-25,31H,1,8-12,14-19H2,2-6H3/t20-,23-,24-,25-,26+,27+,28-,29+/m1/s1. The molecular formula is C29H46O2. The van der Waals surface area contributed by atoms with Crippen LogP contribution in [0.4, 0.5) is 0 Å². The molecule has 0 aromatic rings. The van der Waals surface area contributed by atoms with Gasteiger partial charge in [-0.25, -0.2) is 0 Å². The van der Waals surface area contributed by atoms with Crippen LogP contribution in [0.15, 0.2) is 24.3 Å². The number of fused-ring (bicyclic) bond motifs is 5. The van der Waals surface area contributed by atoms with Crippen molar-refractivity contribution in [2.24, 2.45) is 39.9 Å². The summed E-state index contributed by atoms with van der Waals surface area (Å²) in [6, 6.07) is 0. The molecule has 2 heteroatoms. The molecule has 4 aliphatic rings. The Bertz CT molecular complexity index is 763. The van der Waals surface area contributed by atoms with Crippen molar-refractivity contribution in [1.29, 1.82) is 0 Å². The van der Waals surface area contributed by atoms with Crippen molar-refractivity contribution in [3.63, 3.8) is 0 Å². The van der Waals surface area contributed by atoms with Crippen molar-refractivity contribution in [3.8, 4) is 0 Å². The lowest BCUT2D eigenvalue weighted by atomic mass is 9.40. The molecule has 1 N–H and O–H groups in total. The van der Waals surface area contributed by atoms with E-state index in [4.69, 9.17) is 0 Å². The summed E-state index contributed by atoms with van der Waals surface area (Å²) in [4.78, 5) is 11.4. The zero-order valence-corrected chi connectivity index (χ0v) is 20.8. The van der Waals surface area contributed by atoms with Crippen molar-refractivity contribution < 1.29 is 9.90 Å². The summed E-state index contributed by atoms with van der Waals surface area (Å²) in [7, 11) is 0. The first-order valence-corrected chi connectivity index (χ1v) is 13.0. The second-order valence-corrected chi connectivity index (χ2v) is 12.7. The lowest BCUT2D eigenvalue weighted by Crippen LogP contribution is -2.57. The first kappa shape index (κ1) is 23.3. The second kappa shape index (κ2) is 7.86. The third kappa shape index (κ3) is 3.60. The number of hydrogen-bond donors (Lipinski definition) is 1. The SMILES string of the molecule is C=C[C@@]12CC=C3C[C@@](C)(O)CC[C@]3(C)[C@H]1CC[C@]1(C)[C@@H]([C@H](C)CCCC(C)=O)CC[C@H]12. The second-order valence-electron chi connectivity index (χ2n) is 12.7. The number of aliphatic hydroxyl groups is 1. The Morgan fingerprint density at radius 3 is 2.61 bits per heavy atom. The molecule has 0 spiro atoms. The highest BCUT2D eigenvalue weighted by Gasteiger charge is 2.65. The van der Waals surface area contributed by atoms with E-state index in [-0.39, 0.29) is 10.8 Å². The Hall–Kier alpha value is -0.890. The predicted molar refractivity (Wildman–Crippen MR) is 129 cm³/mol. The monoisotopic (exact) mass is 426 g/mol. The molecule has 31 heavy (non-hydrogen) atoms. The normalized spacial score (nSPS) is 47.5. The molecule has 3 fully saturated rings. The number of carbonyl (C=O) groups is 1. The van der Waals surface area contributed by atoms with Gasteiger partial charge in [0, 0.05) is 6.42 Å². The van der Waals surface area contributed by atoms with Crippen LogP contribution in [0.3, 0.4) is 0 Å². The van der Waals surface area contributed by atoms with Crippen molar-refractivity contribution in [2.75, 3.05) is 0 Å². The number of ketones is 1. The van der Waals surface area contributed by atoms with E-state index in [1.165, 1.54) is 37.7 Å². The van der Waals surface area contributed by atoms with E-state index in [2.05, 4.69) is 39.5 Å². The molecule has 174 valence electrons. The maximum absolute atomic E-state index is 11.4. The largest absolute Gasteiger partial charge is 0.390 e. The van der Waals surface area contributed by atoms with Crippen molar-refractivity contribution in [2.45, 2.75) is 111 Å². The summed E-state index contributed by atoms with van der Waals surface area (Å²) in [5.74, 6) is 3.18. The summed E-state index contributed by atoms with van der Waals surface area (Å²) in [6.07, 6.45) is 17.2. The Labute approximate surface area is 191 Å². The van der Waals surface area contributed by atoms with Crippen LogP contribution in [0.2, 0.25) is 0 Å². The fourth-order valence-electron chi connectivity index (χ4n) is 9.24. The third-order valence-electron chi connectivity index (χ3n) is 10.9. The van der Waals surface area contributed by atoms with E-state index in [9.17, 15) is 9.90 Å². The van der Waals surface area contributed by atoms with Crippen LogP contribution < -0.4 is 0 Å². The first-order valence-electron chi connectivity index (χ1n) is 13.0. The zero-order chi connectivity index (χ0) is 22.7. The van der Waals surface area contributed by atoms with Crippen LogP contribution in [0, 0.1) is 39.9 Å². The molecule has 0 aromatic carbocycles. The van der Waals surface area contributed by atoms with E-state index in [0.29, 0.717) is 29.0 Å². The maximum Gasteiger partial charge on any atom is 0.129 e. The highest BCUT2D eigenvalue weighted by Crippen LogP contribution is 2.72. The number of rotatable bonds is 6. The van der Waals surface area contributed by atoms with Crippen LogP contribution in [0.25, 0.3) is 0 Å². The molecular weight excluding hydrogens is 380 g/mol. The topological polar surface area (TPSA) is 37.3 Å². The van der Waals surface area contributed by atoms with Gasteiger partial charge < -0.3 is 9.90 Å². The summed E-state index contributed by atoms with van der Waals surface area (Å²) in [6.45, 7) is 15.8. The first-order chi connectivity index (χ1) is 14.5. The number of carbonyl (C=O) groups excluding carboxylic acids is 1. The van der Waals surface area contributed by atoms with Crippen molar-refractivity contribution in [3.05, 3.63) is 24.3 Å². The average Bonchev–Trinajstić information content (AvgIpc) is 3.06. The Morgan fingerprint density at radius 2 is 1.94 bits per heavy atom. The molecule has 3 saturated carbocycles. The summed E-state index contributed by atoms with van der Waals surface area (Å²) in [5.41, 5.74) is 1.82. The molecule has 0 unspecified atom stereocenters. The third-order valence-corrected chi connectivity index (χ3v) is 10.9. The molecule has 4 rings (SSSR count). The lowest BCUT2D eigenvalue weighted by Gasteiger charge is -2.64. The van der Waals surface area contributed by atoms with Crippen molar-refractivity contribution in [1.82, 2.24) is 0 Å². The van der Waals surface area contributed by atoms with Gasteiger partial charge >= 0.3 is 0 Å². The Balaban J connectivity index is 1.61. The molecule has 0 heterocycles. The molecule has 4 aliphatic carbocycles. The van der Waals surface area contributed by atoms with Crippen LogP contribution in [-0.2, 0) is 4.79 Å². The van der Waals surface area contributed by atoms with Gasteiger partial charge in [0.25, 0.3) is 0 Å². The minimum absolute atomic E-state index is 0.211. The van der Waals surface area contributed by atoms with Crippen LogP contribution in [0.1, 0.15) is 105 Å². The molecule has 0 aliphatic heterocycles. The van der Waals surface area contributed by atoms with E-state index in [0.717, 1.165) is 44.4 Å². The van der Waals surface area contributed by atoms with Gasteiger partial charge in [0.2, 0.25) is 0 Å². The molecule has 0 amide bonds. The molecule has 0 radical (unpaired) electrons. The van der Waals surface area contributed by atoms with Crippen molar-refractivity contribution >= 4 is 5.78 Å². The van der Waals surface area contributed by atoms with Gasteiger partial charge in [-0.1, -0.05) is 44.9 Å². The van der Waals surface area contributed by atoms with Gasteiger partial charge in [0.15, 0.2) is 0 Å². The highest BCUT2D eigenvalue weighted by molar-refractivity contribution is 5.75. The molecule has 0 aromatic heterocycles. The van der Waals surface area contributed by atoms with Crippen LogP contribution in [-0.4, -0.2) is 16.5 Å².